The fourth-order valence-corrected chi connectivity index (χ4v) is 2.07. The molecule has 0 unspecified atom stereocenters. The maximum Gasteiger partial charge on any atom is 0.162 e. The number of aliphatic hydroxyl groups excluding tert-OH is 1. The number of hydrogen-bond acceptors (Lipinski definition) is 7. The summed E-state index contributed by atoms with van der Waals surface area (Å²) in [7, 11) is 3.17. The normalized spacial score (nSPS) is 10.5. The fraction of sp³-hybridized carbons (Fsp3) is 0.357. The van der Waals surface area contributed by atoms with Crippen LogP contribution in [0.15, 0.2) is 18.2 Å². The molecular formula is C14H21N5O3. The van der Waals surface area contributed by atoms with Crippen LogP contribution < -0.4 is 26.3 Å². The predicted octanol–water partition coefficient (Wildman–Crippen LogP) is 0.669. The van der Waals surface area contributed by atoms with Crippen molar-refractivity contribution in [2.45, 2.75) is 13.1 Å². The molecule has 0 aliphatic carbocycles. The van der Waals surface area contributed by atoms with Gasteiger partial charge in [0, 0.05) is 11.8 Å². The lowest BCUT2D eigenvalue weighted by Gasteiger charge is -2.10. The van der Waals surface area contributed by atoms with Gasteiger partial charge in [0.1, 0.15) is 11.5 Å². The molecular weight excluding hydrogens is 286 g/mol. The summed E-state index contributed by atoms with van der Waals surface area (Å²) in [6.07, 6.45) is 0. The smallest absolute Gasteiger partial charge is 0.162 e. The van der Waals surface area contributed by atoms with E-state index in [-0.39, 0.29) is 6.61 Å². The van der Waals surface area contributed by atoms with Crippen molar-refractivity contribution < 1.29 is 14.6 Å². The van der Waals surface area contributed by atoms with E-state index < -0.39 is 0 Å². The van der Waals surface area contributed by atoms with Crippen LogP contribution in [0.4, 0.5) is 17.2 Å². The Balaban J connectivity index is 2.11. The molecule has 0 spiro atoms. The van der Waals surface area contributed by atoms with Gasteiger partial charge < -0.3 is 31.4 Å². The number of anilines is 3. The van der Waals surface area contributed by atoms with E-state index in [4.69, 9.17) is 26.0 Å². The first kappa shape index (κ1) is 15.8. The fourth-order valence-electron chi connectivity index (χ4n) is 2.07. The highest BCUT2D eigenvalue weighted by molar-refractivity contribution is 5.63. The van der Waals surface area contributed by atoms with Gasteiger partial charge in [-0.15, -0.1) is 0 Å². The first-order valence-corrected chi connectivity index (χ1v) is 6.78. The van der Waals surface area contributed by atoms with E-state index in [2.05, 4.69) is 10.4 Å². The molecule has 0 fully saturated rings. The van der Waals surface area contributed by atoms with Crippen LogP contribution in [0.5, 0.6) is 11.5 Å². The molecule has 0 radical (unpaired) electrons. The van der Waals surface area contributed by atoms with E-state index in [0.29, 0.717) is 41.8 Å². The number of aliphatic hydroxyl groups is 1. The van der Waals surface area contributed by atoms with Crippen molar-refractivity contribution in [3.05, 3.63) is 23.9 Å². The number of nitrogen functional groups attached to an aromatic ring is 2. The molecule has 1 aromatic heterocycles. The van der Waals surface area contributed by atoms with Crippen molar-refractivity contribution in [3.8, 4) is 11.5 Å². The highest BCUT2D eigenvalue weighted by atomic mass is 16.5. The molecule has 0 saturated carbocycles. The Bertz CT molecular complexity index is 642. The number of methoxy groups -OCH3 is 2. The third-order valence-corrected chi connectivity index (χ3v) is 3.26. The molecule has 120 valence electrons. The Morgan fingerprint density at radius 1 is 1.23 bits per heavy atom. The monoisotopic (exact) mass is 307 g/mol. The van der Waals surface area contributed by atoms with Gasteiger partial charge >= 0.3 is 0 Å². The molecule has 0 atom stereocenters. The highest BCUT2D eigenvalue weighted by Crippen LogP contribution is 2.30. The van der Waals surface area contributed by atoms with Gasteiger partial charge in [-0.3, -0.25) is 0 Å². The summed E-state index contributed by atoms with van der Waals surface area (Å²) in [6, 6.07) is 5.50. The number of nitrogens with zero attached hydrogens (tertiary/aromatic N) is 2. The second kappa shape index (κ2) is 6.90. The zero-order chi connectivity index (χ0) is 16.1. The molecule has 2 rings (SSSR count). The molecule has 8 nitrogen and oxygen atoms in total. The van der Waals surface area contributed by atoms with Crippen LogP contribution in [0.2, 0.25) is 0 Å². The molecule has 0 amide bonds. The minimum atomic E-state index is -0.0478. The topological polar surface area (TPSA) is 121 Å². The second-order valence-electron chi connectivity index (χ2n) is 4.62. The number of ether oxygens (including phenoxy) is 2. The van der Waals surface area contributed by atoms with Crippen molar-refractivity contribution in [1.82, 2.24) is 9.78 Å². The van der Waals surface area contributed by atoms with Crippen molar-refractivity contribution >= 4 is 17.2 Å². The summed E-state index contributed by atoms with van der Waals surface area (Å²) >= 11 is 0. The lowest BCUT2D eigenvalue weighted by atomic mass is 10.2. The van der Waals surface area contributed by atoms with Crippen LogP contribution in [-0.2, 0) is 13.1 Å². The van der Waals surface area contributed by atoms with E-state index in [1.54, 1.807) is 14.2 Å². The number of nitrogens with two attached hydrogens (primary N) is 2. The Morgan fingerprint density at radius 3 is 2.59 bits per heavy atom. The molecule has 1 aromatic carbocycles. The van der Waals surface area contributed by atoms with Crippen molar-refractivity contribution in [2.24, 2.45) is 0 Å². The Morgan fingerprint density at radius 2 is 1.95 bits per heavy atom. The van der Waals surface area contributed by atoms with E-state index in [1.807, 2.05) is 18.2 Å². The van der Waals surface area contributed by atoms with Crippen LogP contribution in [0.1, 0.15) is 5.69 Å². The zero-order valence-electron chi connectivity index (χ0n) is 12.7. The first-order valence-electron chi connectivity index (χ1n) is 6.78. The lowest BCUT2D eigenvalue weighted by Crippen LogP contribution is -2.08. The third kappa shape index (κ3) is 3.17. The summed E-state index contributed by atoms with van der Waals surface area (Å²) in [6.45, 7) is 0.671. The van der Waals surface area contributed by atoms with Crippen molar-refractivity contribution in [3.63, 3.8) is 0 Å². The predicted molar refractivity (Wildman–Crippen MR) is 85.0 cm³/mol. The van der Waals surface area contributed by atoms with Crippen molar-refractivity contribution in [1.29, 1.82) is 0 Å². The SMILES string of the molecule is COc1ccc(NCc2nn(CCO)c(N)c2N)cc1OC. The molecule has 22 heavy (non-hydrogen) atoms. The van der Waals surface area contributed by atoms with Crippen molar-refractivity contribution in [2.75, 3.05) is 37.6 Å². The Hall–Kier alpha value is -2.61. The first-order chi connectivity index (χ1) is 10.6. The summed E-state index contributed by atoms with van der Waals surface area (Å²) in [4.78, 5) is 0. The van der Waals surface area contributed by atoms with Gasteiger partial charge in [0.05, 0.1) is 39.6 Å². The van der Waals surface area contributed by atoms with Crippen LogP contribution in [-0.4, -0.2) is 35.7 Å². The van der Waals surface area contributed by atoms with E-state index in [0.717, 1.165) is 5.69 Å². The van der Waals surface area contributed by atoms with Gasteiger partial charge in [-0.2, -0.15) is 5.10 Å². The molecule has 0 aliphatic heterocycles. The van der Waals surface area contributed by atoms with Crippen LogP contribution in [0, 0.1) is 0 Å². The molecule has 2 aromatic rings. The molecule has 0 bridgehead atoms. The average Bonchev–Trinajstić information content (AvgIpc) is 2.81. The summed E-state index contributed by atoms with van der Waals surface area (Å²) in [5, 5.41) is 16.4. The van der Waals surface area contributed by atoms with Gasteiger partial charge in [0.15, 0.2) is 11.5 Å². The Kier molecular flexibility index (Phi) is 4.95. The molecule has 6 N–H and O–H groups in total. The quantitative estimate of drug-likeness (QED) is 0.593. The van der Waals surface area contributed by atoms with Crippen LogP contribution in [0.25, 0.3) is 0 Å². The maximum atomic E-state index is 8.96. The minimum Gasteiger partial charge on any atom is -0.493 e. The number of aromatic nitrogens is 2. The van der Waals surface area contributed by atoms with Gasteiger partial charge in [0.2, 0.25) is 0 Å². The van der Waals surface area contributed by atoms with Crippen LogP contribution >= 0.6 is 0 Å². The number of nitrogens with one attached hydrogen (secondary N) is 1. The third-order valence-electron chi connectivity index (χ3n) is 3.26. The van der Waals surface area contributed by atoms with E-state index >= 15 is 0 Å². The van der Waals surface area contributed by atoms with Crippen LogP contribution in [0.3, 0.4) is 0 Å². The number of hydrogen-bond donors (Lipinski definition) is 4. The highest BCUT2D eigenvalue weighted by Gasteiger charge is 2.12. The standard InChI is InChI=1S/C14H21N5O3/c1-21-11-4-3-9(7-12(11)22-2)17-8-10-13(15)14(16)19(18-10)5-6-20/h3-4,7,17,20H,5-6,8,15-16H2,1-2H3. The van der Waals surface area contributed by atoms with E-state index in [1.165, 1.54) is 4.68 Å². The number of benzene rings is 1. The molecule has 0 aliphatic rings. The van der Waals surface area contributed by atoms with E-state index in [9.17, 15) is 0 Å². The molecule has 8 heteroatoms. The molecule has 0 saturated heterocycles. The summed E-state index contributed by atoms with van der Waals surface area (Å²) < 4.78 is 11.9. The largest absolute Gasteiger partial charge is 0.493 e. The number of rotatable bonds is 7. The Labute approximate surface area is 128 Å². The average molecular weight is 307 g/mol. The summed E-state index contributed by atoms with van der Waals surface area (Å²) in [5.74, 6) is 1.65. The van der Waals surface area contributed by atoms with Gasteiger partial charge in [-0.25, -0.2) is 4.68 Å². The minimum absolute atomic E-state index is 0.0478. The summed E-state index contributed by atoms with van der Waals surface area (Å²) in [5.41, 5.74) is 13.7. The van der Waals surface area contributed by atoms with Gasteiger partial charge in [-0.05, 0) is 12.1 Å². The second-order valence-corrected chi connectivity index (χ2v) is 4.62. The van der Waals surface area contributed by atoms with Gasteiger partial charge in [0.25, 0.3) is 0 Å². The van der Waals surface area contributed by atoms with Gasteiger partial charge in [-0.1, -0.05) is 0 Å². The molecule has 1 heterocycles. The lowest BCUT2D eigenvalue weighted by molar-refractivity contribution is 0.270. The maximum absolute atomic E-state index is 8.96. The zero-order valence-corrected chi connectivity index (χ0v) is 12.7.